The van der Waals surface area contributed by atoms with Crippen LogP contribution in [0.3, 0.4) is 0 Å². The lowest BCUT2D eigenvalue weighted by atomic mass is 10.0. The highest BCUT2D eigenvalue weighted by Gasteiger charge is 2.55. The highest BCUT2D eigenvalue weighted by Crippen LogP contribution is 2.41. The van der Waals surface area contributed by atoms with Crippen molar-refractivity contribution in [1.82, 2.24) is 10.2 Å². The fraction of sp³-hybridized carbons (Fsp3) is 0.400. The summed E-state index contributed by atoms with van der Waals surface area (Å²) in [6, 6.07) is 2.03. The minimum atomic E-state index is -1.24. The van der Waals surface area contributed by atoms with Gasteiger partial charge in [-0.15, -0.1) is 11.8 Å². The number of carbonyl (C=O) groups is 5. The fourth-order valence-corrected chi connectivity index (χ4v) is 4.65. The smallest absolute Gasteiger partial charge is 0.404 e. The zero-order valence-corrected chi connectivity index (χ0v) is 19.7. The maximum absolute atomic E-state index is 13.0. The maximum atomic E-state index is 13.0. The quantitative estimate of drug-likeness (QED) is 0.147. The molecule has 1 aromatic heterocycles. The summed E-state index contributed by atoms with van der Waals surface area (Å²) in [4.78, 5) is 66.7. The molecule has 2 aliphatic rings. The number of oxime groups is 1. The third-order valence-corrected chi connectivity index (χ3v) is 6.01. The van der Waals surface area contributed by atoms with E-state index in [0.717, 1.165) is 11.8 Å². The average Bonchev–Trinajstić information content (AvgIpc) is 3.32. The number of nitrogens with one attached hydrogen (secondary N) is 1. The molecule has 1 unspecified atom stereocenters. The van der Waals surface area contributed by atoms with Gasteiger partial charge >= 0.3 is 18.0 Å². The number of nitrogens with two attached hydrogens (primary N) is 1. The first kappa shape index (κ1) is 25.6. The molecule has 3 atom stereocenters. The number of esters is 2. The Kier molecular flexibility index (Phi) is 8.01. The summed E-state index contributed by atoms with van der Waals surface area (Å²) in [6.07, 6.45) is -0.976. The molecule has 3 N–H and O–H groups in total. The molecule has 1 saturated heterocycles. The summed E-state index contributed by atoms with van der Waals surface area (Å²) in [6.45, 7) is 2.09. The van der Waals surface area contributed by atoms with Crippen LogP contribution in [0.1, 0.15) is 19.6 Å². The number of hydrogen-bond acceptors (Lipinski definition) is 12. The topological polar surface area (TPSA) is 189 Å². The van der Waals surface area contributed by atoms with Gasteiger partial charge in [-0.05, 0) is 12.1 Å². The van der Waals surface area contributed by atoms with Gasteiger partial charge in [0.05, 0.1) is 6.26 Å². The predicted molar refractivity (Wildman–Crippen MR) is 117 cm³/mol. The summed E-state index contributed by atoms with van der Waals surface area (Å²) in [5.74, 6) is -2.75. The summed E-state index contributed by atoms with van der Waals surface area (Å²) in [5.41, 5.74) is 4.89. The Morgan fingerprint density at radius 3 is 2.69 bits per heavy atom. The average molecular weight is 510 g/mol. The summed E-state index contributed by atoms with van der Waals surface area (Å²) >= 11 is 1.21. The number of furan rings is 1. The van der Waals surface area contributed by atoms with Crippen molar-refractivity contribution in [1.29, 1.82) is 0 Å². The summed E-state index contributed by atoms with van der Waals surface area (Å²) in [7, 11) is 1.25. The molecule has 0 radical (unpaired) electrons. The van der Waals surface area contributed by atoms with Gasteiger partial charge in [-0.2, -0.15) is 0 Å². The lowest BCUT2D eigenvalue weighted by Crippen LogP contribution is -2.71. The van der Waals surface area contributed by atoms with Crippen molar-refractivity contribution in [3.8, 4) is 0 Å². The molecule has 14 nitrogen and oxygen atoms in total. The molecular formula is C20H22N4O10S. The molecule has 0 saturated carbocycles. The van der Waals surface area contributed by atoms with Crippen LogP contribution in [0.25, 0.3) is 0 Å². The second-order valence-electron chi connectivity index (χ2n) is 7.10. The van der Waals surface area contributed by atoms with Crippen LogP contribution in [0.2, 0.25) is 0 Å². The van der Waals surface area contributed by atoms with E-state index in [1.165, 1.54) is 38.1 Å². The minimum absolute atomic E-state index is 0.124. The monoisotopic (exact) mass is 510 g/mol. The van der Waals surface area contributed by atoms with Gasteiger partial charge in [-0.25, -0.2) is 9.59 Å². The molecule has 3 amide bonds. The number of primary amides is 1. The third-order valence-electron chi connectivity index (χ3n) is 4.67. The van der Waals surface area contributed by atoms with E-state index in [9.17, 15) is 24.0 Å². The zero-order valence-electron chi connectivity index (χ0n) is 18.8. The maximum Gasteiger partial charge on any atom is 0.404 e. The number of rotatable bonds is 9. The van der Waals surface area contributed by atoms with Crippen molar-refractivity contribution < 1.29 is 47.4 Å². The third kappa shape index (κ3) is 5.74. The van der Waals surface area contributed by atoms with Gasteiger partial charge in [0.1, 0.15) is 30.8 Å². The Hall–Kier alpha value is -4.01. The number of carbonyl (C=O) groups excluding carboxylic acids is 5. The molecule has 0 spiro atoms. The van der Waals surface area contributed by atoms with Crippen molar-refractivity contribution >= 4 is 47.3 Å². The summed E-state index contributed by atoms with van der Waals surface area (Å²) in [5, 5.41) is 5.53. The highest BCUT2D eigenvalue weighted by atomic mass is 32.2. The lowest BCUT2D eigenvalue weighted by Gasteiger charge is -2.49. The number of hydrogen-bond donors (Lipinski definition) is 2. The first-order chi connectivity index (χ1) is 16.6. The second-order valence-corrected chi connectivity index (χ2v) is 8.21. The van der Waals surface area contributed by atoms with E-state index in [1.54, 1.807) is 6.07 Å². The number of thioether (sulfide) groups is 1. The van der Waals surface area contributed by atoms with Gasteiger partial charge in [0.25, 0.3) is 11.8 Å². The second kappa shape index (κ2) is 10.9. The zero-order chi connectivity index (χ0) is 25.7. The molecule has 3 rings (SSSR count). The Morgan fingerprint density at radius 2 is 2.09 bits per heavy atom. The Balaban J connectivity index is 1.80. The molecule has 188 valence electrons. The van der Waals surface area contributed by atoms with Crippen LogP contribution >= 0.6 is 11.8 Å². The van der Waals surface area contributed by atoms with Crippen molar-refractivity contribution in [3.05, 3.63) is 35.4 Å². The largest absolute Gasteiger partial charge is 0.462 e. The van der Waals surface area contributed by atoms with Crippen molar-refractivity contribution in [2.75, 3.05) is 19.5 Å². The molecule has 3 heterocycles. The van der Waals surface area contributed by atoms with Gasteiger partial charge < -0.3 is 34.5 Å². The van der Waals surface area contributed by atoms with Gasteiger partial charge in [0, 0.05) is 25.2 Å². The molecule has 1 fully saturated rings. The Morgan fingerprint density at radius 1 is 1.34 bits per heavy atom. The lowest BCUT2D eigenvalue weighted by molar-refractivity contribution is -0.182. The normalized spacial score (nSPS) is 20.3. The number of nitrogens with zero attached hydrogens (tertiary/aromatic N) is 2. The van der Waals surface area contributed by atoms with Crippen LogP contribution in [-0.2, 0) is 38.2 Å². The van der Waals surface area contributed by atoms with E-state index in [0.29, 0.717) is 0 Å². The fourth-order valence-electron chi connectivity index (χ4n) is 3.32. The standard InChI is InChI=1S/C20H22N4O10S/c1-9(25)33-10(2)34-19(28)15-11(7-32-20(21)29)8-35-18-14(17(27)24(15)18)22-16(26)13(23-30-3)12-5-4-6-31-12/h4-6,10,14,18H,7-8H2,1-3H3,(H2,21,29)(H,22,26)/b23-13+/t10?,14-,18+/m0/s1. The molecule has 0 aliphatic carbocycles. The molecule has 1 aromatic rings. The first-order valence-electron chi connectivity index (χ1n) is 10.1. The molecule has 2 aliphatic heterocycles. The van der Waals surface area contributed by atoms with E-state index < -0.39 is 47.6 Å². The van der Waals surface area contributed by atoms with E-state index in [2.05, 4.69) is 10.5 Å². The molecule has 0 bridgehead atoms. The van der Waals surface area contributed by atoms with Crippen LogP contribution in [-0.4, -0.2) is 77.6 Å². The van der Waals surface area contributed by atoms with Crippen LogP contribution in [0.4, 0.5) is 4.79 Å². The minimum Gasteiger partial charge on any atom is -0.462 e. The van der Waals surface area contributed by atoms with Crippen molar-refractivity contribution in [3.63, 3.8) is 0 Å². The number of fused-ring (bicyclic) bond motifs is 1. The SMILES string of the molecule is CO/N=C(/C(=O)N[C@H]1C(=O)N2C(C(=O)OC(C)OC(C)=O)=C(COC(N)=O)CS[C@H]12)c1ccco1. The van der Waals surface area contributed by atoms with Gasteiger partial charge in [0.2, 0.25) is 12.0 Å². The van der Waals surface area contributed by atoms with Gasteiger partial charge in [-0.3, -0.25) is 19.3 Å². The summed E-state index contributed by atoms with van der Waals surface area (Å²) < 4.78 is 19.9. The van der Waals surface area contributed by atoms with Gasteiger partial charge in [0.15, 0.2) is 5.76 Å². The van der Waals surface area contributed by atoms with Gasteiger partial charge in [-0.1, -0.05) is 5.16 Å². The van der Waals surface area contributed by atoms with Crippen LogP contribution in [0.5, 0.6) is 0 Å². The van der Waals surface area contributed by atoms with E-state index in [1.807, 2.05) is 0 Å². The molecule has 15 heteroatoms. The van der Waals surface area contributed by atoms with Crippen molar-refractivity contribution in [2.45, 2.75) is 31.6 Å². The van der Waals surface area contributed by atoms with E-state index >= 15 is 0 Å². The number of amides is 3. The highest BCUT2D eigenvalue weighted by molar-refractivity contribution is 8.00. The number of ether oxygens (including phenoxy) is 3. The molecule has 0 aromatic carbocycles. The van der Waals surface area contributed by atoms with E-state index in [-0.39, 0.29) is 35.1 Å². The molecular weight excluding hydrogens is 488 g/mol. The predicted octanol–water partition coefficient (Wildman–Crippen LogP) is -0.168. The van der Waals surface area contributed by atoms with Crippen LogP contribution in [0.15, 0.2) is 39.2 Å². The Labute approximate surface area is 202 Å². The van der Waals surface area contributed by atoms with Crippen LogP contribution < -0.4 is 11.1 Å². The number of β-lactam (4-membered cyclic amide) rings is 1. The Bertz CT molecular complexity index is 1080. The van der Waals surface area contributed by atoms with E-state index in [4.69, 9.17) is 29.2 Å². The van der Waals surface area contributed by atoms with Crippen molar-refractivity contribution in [2.24, 2.45) is 10.9 Å². The molecule has 35 heavy (non-hydrogen) atoms. The van der Waals surface area contributed by atoms with Crippen LogP contribution in [0, 0.1) is 0 Å². The first-order valence-corrected chi connectivity index (χ1v) is 11.1.